The van der Waals surface area contributed by atoms with Gasteiger partial charge in [0.2, 0.25) is 0 Å². The number of aliphatic hydroxyl groups is 3. The van der Waals surface area contributed by atoms with Crippen LogP contribution in [0.1, 0.15) is 149 Å². The Kier molecular flexibility index (Phi) is 31.5. The molecule has 0 aromatic carbocycles. The molecule has 0 bridgehead atoms. The molecule has 0 heterocycles. The van der Waals surface area contributed by atoms with Gasteiger partial charge in [-0.1, -0.05) is 152 Å². The molecule has 0 radical (unpaired) electrons. The van der Waals surface area contributed by atoms with Gasteiger partial charge in [0, 0.05) is 12.8 Å². The quantitative estimate of drug-likeness (QED) is 0.0397. The molecule has 0 spiro atoms. The van der Waals surface area contributed by atoms with Crippen LogP contribution in [0.4, 0.5) is 0 Å². The maximum absolute atomic E-state index is 11.9. The van der Waals surface area contributed by atoms with E-state index in [1.54, 1.807) is 12.2 Å². The number of hydrogen-bond acceptors (Lipinski definition) is 7. The van der Waals surface area contributed by atoms with Crippen LogP contribution in [0.15, 0.2) is 48.6 Å². The van der Waals surface area contributed by atoms with Gasteiger partial charge in [-0.3, -0.25) is 9.59 Å². The molecule has 0 unspecified atom stereocenters. The minimum Gasteiger partial charge on any atom is -0.463 e. The Morgan fingerprint density at radius 3 is 1.42 bits per heavy atom. The van der Waals surface area contributed by atoms with Crippen molar-refractivity contribution in [1.82, 2.24) is 0 Å². The number of carbonyl (C=O) groups excluding carboxylic acids is 2. The van der Waals surface area contributed by atoms with Gasteiger partial charge in [-0.15, -0.1) is 0 Å². The van der Waals surface area contributed by atoms with Gasteiger partial charge >= 0.3 is 11.9 Å². The largest absolute Gasteiger partial charge is 0.463 e. The summed E-state index contributed by atoms with van der Waals surface area (Å²) in [6, 6.07) is 0. The molecule has 0 aliphatic carbocycles. The molecular formula is C38H66O7. The van der Waals surface area contributed by atoms with Gasteiger partial charge < -0.3 is 24.8 Å². The molecule has 0 amide bonds. The summed E-state index contributed by atoms with van der Waals surface area (Å²) >= 11 is 0. The lowest BCUT2D eigenvalue weighted by molar-refractivity contribution is -0.152. The first kappa shape index (κ1) is 42.8. The Labute approximate surface area is 274 Å². The highest BCUT2D eigenvalue weighted by Crippen LogP contribution is 2.13. The number of aliphatic hydroxyl groups excluding tert-OH is 3. The van der Waals surface area contributed by atoms with Crippen LogP contribution in [0.5, 0.6) is 0 Å². The lowest BCUT2D eigenvalue weighted by Gasteiger charge is -2.12. The van der Waals surface area contributed by atoms with Crippen molar-refractivity contribution in [3.8, 4) is 0 Å². The van der Waals surface area contributed by atoms with Gasteiger partial charge in [-0.25, -0.2) is 0 Å². The number of ether oxygens (including phenoxy) is 2. The molecular weight excluding hydrogens is 568 g/mol. The van der Waals surface area contributed by atoms with Crippen LogP contribution in [0.3, 0.4) is 0 Å². The second-order valence-electron chi connectivity index (χ2n) is 12.0. The maximum atomic E-state index is 11.9. The summed E-state index contributed by atoms with van der Waals surface area (Å²) in [4.78, 5) is 23.8. The lowest BCUT2D eigenvalue weighted by atomic mass is 10.0. The molecule has 260 valence electrons. The number of rotatable bonds is 31. The van der Waals surface area contributed by atoms with Gasteiger partial charge in [0.15, 0.2) is 0 Å². The Balaban J connectivity index is 3.73. The molecule has 7 nitrogen and oxygen atoms in total. The molecule has 0 rings (SSSR count). The number of allylic oxidation sites excluding steroid dienone is 6. The lowest BCUT2D eigenvalue weighted by Crippen LogP contribution is -2.25. The summed E-state index contributed by atoms with van der Waals surface area (Å²) in [7, 11) is 0. The SMILES string of the molecule is CCCCCCCCCCCCCCC(=O)OC[C@@H](O)COC(=O)CCC[C@@H](O)/C=C/C=C\C/C=C\C=C\[C@@H](O)CCCCC. The number of esters is 2. The molecule has 0 fully saturated rings. The summed E-state index contributed by atoms with van der Waals surface area (Å²) in [5.74, 6) is -0.788. The van der Waals surface area contributed by atoms with Crippen molar-refractivity contribution in [2.75, 3.05) is 13.2 Å². The van der Waals surface area contributed by atoms with Crippen molar-refractivity contribution in [3.05, 3.63) is 48.6 Å². The van der Waals surface area contributed by atoms with E-state index in [1.165, 1.54) is 57.8 Å². The molecule has 3 N–H and O–H groups in total. The smallest absolute Gasteiger partial charge is 0.305 e. The number of carbonyl (C=O) groups is 2. The van der Waals surface area contributed by atoms with Gasteiger partial charge in [0.05, 0.1) is 12.2 Å². The molecule has 0 aliphatic rings. The van der Waals surface area contributed by atoms with Crippen LogP contribution in [0.2, 0.25) is 0 Å². The second-order valence-corrected chi connectivity index (χ2v) is 12.0. The zero-order valence-corrected chi connectivity index (χ0v) is 28.6. The summed E-state index contributed by atoms with van der Waals surface area (Å²) < 4.78 is 10.2. The number of hydrogen-bond donors (Lipinski definition) is 3. The predicted molar refractivity (Wildman–Crippen MR) is 185 cm³/mol. The normalized spacial score (nSPS) is 14.2. The third kappa shape index (κ3) is 33.0. The zero-order valence-electron chi connectivity index (χ0n) is 28.6. The highest BCUT2D eigenvalue weighted by atomic mass is 16.6. The predicted octanol–water partition coefficient (Wildman–Crippen LogP) is 8.61. The summed E-state index contributed by atoms with van der Waals surface area (Å²) in [6.07, 6.45) is 33.8. The minimum absolute atomic E-state index is 0.137. The van der Waals surface area contributed by atoms with Crippen molar-refractivity contribution in [3.63, 3.8) is 0 Å². The van der Waals surface area contributed by atoms with Gasteiger partial charge in [-0.05, 0) is 32.1 Å². The molecule has 0 aromatic rings. The van der Waals surface area contributed by atoms with E-state index in [4.69, 9.17) is 9.47 Å². The molecule has 45 heavy (non-hydrogen) atoms. The number of unbranched alkanes of at least 4 members (excludes halogenated alkanes) is 13. The highest BCUT2D eigenvalue weighted by molar-refractivity contribution is 5.69. The van der Waals surface area contributed by atoms with Crippen LogP contribution in [0, 0.1) is 0 Å². The monoisotopic (exact) mass is 634 g/mol. The van der Waals surface area contributed by atoms with Crippen LogP contribution < -0.4 is 0 Å². The third-order valence-corrected chi connectivity index (χ3v) is 7.53. The summed E-state index contributed by atoms with van der Waals surface area (Å²) in [6.45, 7) is 3.98. The fraction of sp³-hybridized carbons (Fsp3) is 0.737. The Hall–Kier alpha value is -2.22. The van der Waals surface area contributed by atoms with E-state index < -0.39 is 18.2 Å². The minimum atomic E-state index is -1.05. The van der Waals surface area contributed by atoms with Crippen molar-refractivity contribution in [2.45, 2.75) is 167 Å². The van der Waals surface area contributed by atoms with Crippen LogP contribution in [0.25, 0.3) is 0 Å². The molecule has 0 saturated heterocycles. The molecule has 0 aromatic heterocycles. The third-order valence-electron chi connectivity index (χ3n) is 7.53. The molecule has 7 heteroatoms. The second kappa shape index (κ2) is 33.2. The van der Waals surface area contributed by atoms with E-state index in [1.807, 2.05) is 36.5 Å². The molecule has 3 atom stereocenters. The van der Waals surface area contributed by atoms with E-state index in [0.29, 0.717) is 19.3 Å². The summed E-state index contributed by atoms with van der Waals surface area (Å²) in [5, 5.41) is 29.9. The topological polar surface area (TPSA) is 113 Å². The van der Waals surface area contributed by atoms with E-state index in [0.717, 1.165) is 51.4 Å². The first-order chi connectivity index (χ1) is 21.9. The van der Waals surface area contributed by atoms with E-state index in [2.05, 4.69) is 13.8 Å². The van der Waals surface area contributed by atoms with Crippen molar-refractivity contribution >= 4 is 11.9 Å². The first-order valence-corrected chi connectivity index (χ1v) is 17.9. The maximum Gasteiger partial charge on any atom is 0.305 e. The fourth-order valence-corrected chi connectivity index (χ4v) is 4.71. The van der Waals surface area contributed by atoms with Crippen molar-refractivity contribution in [1.29, 1.82) is 0 Å². The average molecular weight is 635 g/mol. The molecule has 0 aliphatic heterocycles. The van der Waals surface area contributed by atoms with Crippen LogP contribution >= 0.6 is 0 Å². The highest BCUT2D eigenvalue weighted by Gasteiger charge is 2.12. The van der Waals surface area contributed by atoms with E-state index in [-0.39, 0.29) is 31.7 Å². The van der Waals surface area contributed by atoms with Crippen molar-refractivity contribution in [2.24, 2.45) is 0 Å². The Bertz CT molecular complexity index is 802. The van der Waals surface area contributed by atoms with Gasteiger partial charge in [-0.2, -0.15) is 0 Å². The molecule has 0 saturated carbocycles. The van der Waals surface area contributed by atoms with E-state index in [9.17, 15) is 24.9 Å². The standard InChI is InChI=1S/C38H66O7/c1-3-5-7-8-9-10-11-12-13-17-20-24-30-37(42)44-32-36(41)33-45-38(43)31-25-29-35(40)28-23-19-16-14-15-18-22-27-34(39)26-21-6-4-2/h15-16,18-19,22-23,27-28,34-36,39-41H,3-14,17,20-21,24-26,29-33H2,1-2H3/b18-15-,19-16-,27-22+,28-23+/t34-,35-,36+/m0/s1. The first-order valence-electron chi connectivity index (χ1n) is 17.9. The Morgan fingerprint density at radius 2 is 0.933 bits per heavy atom. The van der Waals surface area contributed by atoms with Crippen LogP contribution in [-0.2, 0) is 19.1 Å². The Morgan fingerprint density at radius 1 is 0.533 bits per heavy atom. The summed E-state index contributed by atoms with van der Waals surface area (Å²) in [5.41, 5.74) is 0. The van der Waals surface area contributed by atoms with Gasteiger partial charge in [0.25, 0.3) is 0 Å². The van der Waals surface area contributed by atoms with E-state index >= 15 is 0 Å². The van der Waals surface area contributed by atoms with Crippen molar-refractivity contribution < 1.29 is 34.4 Å². The van der Waals surface area contributed by atoms with Gasteiger partial charge in [0.1, 0.15) is 19.3 Å². The zero-order chi connectivity index (χ0) is 33.2. The van der Waals surface area contributed by atoms with Crippen LogP contribution in [-0.4, -0.2) is 58.8 Å². The average Bonchev–Trinajstić information content (AvgIpc) is 3.02. The fourth-order valence-electron chi connectivity index (χ4n) is 4.71.